The van der Waals surface area contributed by atoms with E-state index < -0.39 is 23.6 Å². The predicted molar refractivity (Wildman–Crippen MR) is 248 cm³/mol. The van der Waals surface area contributed by atoms with Gasteiger partial charge in [-0.2, -0.15) is 0 Å². The number of methoxy groups -OCH3 is 1. The molecule has 0 saturated heterocycles. The molecule has 1 aromatic carbocycles. The van der Waals surface area contributed by atoms with Crippen LogP contribution in [0.25, 0.3) is 0 Å². The zero-order chi connectivity index (χ0) is 46.3. The molecular weight excluding hydrogens is 807 g/mol. The highest BCUT2D eigenvalue weighted by Gasteiger charge is 2.56. The van der Waals surface area contributed by atoms with E-state index in [1.807, 2.05) is 48.5 Å². The van der Waals surface area contributed by atoms with Gasteiger partial charge in [0, 0.05) is 20.1 Å². The zero-order valence-corrected chi connectivity index (χ0v) is 42.1. The van der Waals surface area contributed by atoms with E-state index in [1.165, 1.54) is 5.23 Å². The van der Waals surface area contributed by atoms with Crippen LogP contribution in [0.1, 0.15) is 205 Å². The van der Waals surface area contributed by atoms with E-state index in [4.69, 9.17) is 57.0 Å². The standard InChI is InChI=1S/C50H91NO12/c1-14-20-23-29-37-57-50(56-36-28-21-15-2,60-40-30-24-25-31-40)51(63-49(55-19-6)33-27-26-32-41(49)52-13)62-47-43(53-34-17-4)44(58-38(7)8)42(54-35-22-16-3)46(61-48(10,11)12)45(47)59-39(9)18-5/h38-41H,14-37H2,1-13H3. The van der Waals surface area contributed by atoms with Crippen molar-refractivity contribution in [2.75, 3.05) is 40.1 Å². The fourth-order valence-electron chi connectivity index (χ4n) is 7.65. The Hall–Kier alpha value is -2.26. The van der Waals surface area contributed by atoms with Gasteiger partial charge in [0.1, 0.15) is 11.7 Å². The third kappa shape index (κ3) is 17.2. The van der Waals surface area contributed by atoms with Crippen molar-refractivity contribution in [3.05, 3.63) is 0 Å². The smallest absolute Gasteiger partial charge is 0.411 e. The molecule has 2 fully saturated rings. The molecule has 2 saturated carbocycles. The summed E-state index contributed by atoms with van der Waals surface area (Å²) in [6, 6.07) is 0. The normalized spacial score (nSPS) is 20.0. The molecule has 0 aliphatic heterocycles. The average Bonchev–Trinajstić information content (AvgIpc) is 3.76. The molecule has 63 heavy (non-hydrogen) atoms. The third-order valence-electron chi connectivity index (χ3n) is 11.1. The Morgan fingerprint density at radius 3 is 1.83 bits per heavy atom. The molecule has 0 N–H and O–H groups in total. The van der Waals surface area contributed by atoms with Gasteiger partial charge in [0.15, 0.2) is 0 Å². The molecule has 0 heterocycles. The SMILES string of the molecule is CCCCCCOC(OCCCCC)(OC1CCCC1)N(Oc1c(OCCC)c(OC(C)C)c(OCCCC)c(OC(C)(C)C)c1OC(C)CC)OC1(OCC)CCCCC1OC. The van der Waals surface area contributed by atoms with E-state index in [0.717, 1.165) is 96.3 Å². The number of hydrogen-bond donors (Lipinski definition) is 0. The molecule has 0 spiro atoms. The number of hydroxylamine groups is 2. The van der Waals surface area contributed by atoms with E-state index in [-0.39, 0.29) is 35.6 Å². The molecule has 4 unspecified atom stereocenters. The van der Waals surface area contributed by atoms with Gasteiger partial charge in [0.05, 0.1) is 50.0 Å². The van der Waals surface area contributed by atoms with Crippen LogP contribution >= 0.6 is 0 Å². The molecule has 0 aromatic heterocycles. The zero-order valence-electron chi connectivity index (χ0n) is 42.1. The van der Waals surface area contributed by atoms with Gasteiger partial charge in [-0.1, -0.05) is 92.4 Å². The minimum Gasteiger partial charge on any atom is -0.486 e. The van der Waals surface area contributed by atoms with Gasteiger partial charge >= 0.3 is 6.10 Å². The summed E-state index contributed by atoms with van der Waals surface area (Å²) in [5.41, 5.74) is -0.698. The van der Waals surface area contributed by atoms with Gasteiger partial charge in [-0.15, -0.1) is 0 Å². The molecule has 0 amide bonds. The van der Waals surface area contributed by atoms with Crippen LogP contribution in [0, 0.1) is 0 Å². The van der Waals surface area contributed by atoms with E-state index in [0.29, 0.717) is 76.0 Å². The van der Waals surface area contributed by atoms with Gasteiger partial charge in [0.25, 0.3) is 0 Å². The number of benzene rings is 1. The quantitative estimate of drug-likeness (QED) is 0.0372. The molecule has 3 rings (SSSR count). The van der Waals surface area contributed by atoms with Crippen molar-refractivity contribution < 1.29 is 57.0 Å². The summed E-state index contributed by atoms with van der Waals surface area (Å²) in [5, 5.41) is 1.26. The second-order valence-electron chi connectivity index (χ2n) is 18.4. The molecular formula is C50H91NO12. The lowest BCUT2D eigenvalue weighted by molar-refractivity contribution is -0.604. The van der Waals surface area contributed by atoms with E-state index >= 15 is 0 Å². The summed E-state index contributed by atoms with van der Waals surface area (Å²) in [6.45, 7) is 26.3. The van der Waals surface area contributed by atoms with Crippen molar-refractivity contribution in [2.24, 2.45) is 0 Å². The van der Waals surface area contributed by atoms with Crippen LogP contribution in [-0.4, -0.2) is 87.3 Å². The van der Waals surface area contributed by atoms with Crippen LogP contribution in [0.3, 0.4) is 0 Å². The summed E-state index contributed by atoms with van der Waals surface area (Å²) in [6.07, 6.45) is 13.3. The van der Waals surface area contributed by atoms with Gasteiger partial charge in [-0.25, -0.2) is 4.84 Å². The molecule has 2 aliphatic carbocycles. The largest absolute Gasteiger partial charge is 0.486 e. The number of unbranched alkanes of at least 4 members (excludes halogenated alkanes) is 6. The minimum absolute atomic E-state index is 0.143. The second kappa shape index (κ2) is 28.7. The first-order valence-electron chi connectivity index (χ1n) is 25.1. The maximum Gasteiger partial charge on any atom is 0.411 e. The average molecular weight is 898 g/mol. The molecule has 1 aromatic rings. The second-order valence-corrected chi connectivity index (χ2v) is 18.4. The van der Waals surface area contributed by atoms with Crippen molar-refractivity contribution in [3.63, 3.8) is 0 Å². The highest BCUT2D eigenvalue weighted by atomic mass is 17.1. The van der Waals surface area contributed by atoms with E-state index in [9.17, 15) is 0 Å². The Balaban J connectivity index is 2.58. The molecule has 4 atom stereocenters. The molecule has 13 nitrogen and oxygen atoms in total. The molecule has 0 bridgehead atoms. The highest BCUT2D eigenvalue weighted by molar-refractivity contribution is 5.74. The lowest BCUT2D eigenvalue weighted by Crippen LogP contribution is -2.63. The lowest BCUT2D eigenvalue weighted by Gasteiger charge is -2.47. The minimum atomic E-state index is -2.01. The van der Waals surface area contributed by atoms with Crippen LogP contribution in [0.15, 0.2) is 0 Å². The highest BCUT2D eigenvalue weighted by Crippen LogP contribution is 2.60. The lowest BCUT2D eigenvalue weighted by atomic mass is 9.91. The summed E-state index contributed by atoms with van der Waals surface area (Å²) in [4.78, 5) is 14.7. The number of ether oxygens (including phenoxy) is 10. The topological polar surface area (TPSA) is 114 Å². The van der Waals surface area contributed by atoms with Crippen LogP contribution in [0.5, 0.6) is 34.5 Å². The maximum atomic E-state index is 7.39. The van der Waals surface area contributed by atoms with Gasteiger partial charge in [-0.3, -0.25) is 0 Å². The molecule has 368 valence electrons. The Kier molecular flexibility index (Phi) is 25.1. The van der Waals surface area contributed by atoms with Crippen LogP contribution in [-0.2, 0) is 28.5 Å². The maximum absolute atomic E-state index is 7.39. The van der Waals surface area contributed by atoms with Crippen molar-refractivity contribution in [3.8, 4) is 34.5 Å². The van der Waals surface area contributed by atoms with Crippen LogP contribution < -0.4 is 28.5 Å². The predicted octanol–water partition coefficient (Wildman–Crippen LogP) is 13.0. The summed E-state index contributed by atoms with van der Waals surface area (Å²) >= 11 is 0. The molecule has 2 aliphatic rings. The van der Waals surface area contributed by atoms with Crippen molar-refractivity contribution >= 4 is 0 Å². The van der Waals surface area contributed by atoms with Crippen molar-refractivity contribution in [1.29, 1.82) is 0 Å². The number of nitrogens with zero attached hydrogens (tertiary/aromatic N) is 1. The van der Waals surface area contributed by atoms with Crippen molar-refractivity contribution in [2.45, 2.75) is 247 Å². The molecule has 13 heteroatoms. The number of hydrogen-bond acceptors (Lipinski definition) is 13. The van der Waals surface area contributed by atoms with E-state index in [1.54, 1.807) is 7.11 Å². The Bertz CT molecular complexity index is 1380. The summed E-state index contributed by atoms with van der Waals surface area (Å²) < 4.78 is 68.1. The first-order chi connectivity index (χ1) is 30.3. The fourth-order valence-corrected chi connectivity index (χ4v) is 7.65. The van der Waals surface area contributed by atoms with Gasteiger partial charge < -0.3 is 52.2 Å². The summed E-state index contributed by atoms with van der Waals surface area (Å²) in [7, 11) is 1.70. The van der Waals surface area contributed by atoms with Gasteiger partial charge in [-0.05, 0) is 106 Å². The Labute approximate surface area is 383 Å². The van der Waals surface area contributed by atoms with Crippen LogP contribution in [0.4, 0.5) is 0 Å². The van der Waals surface area contributed by atoms with Crippen molar-refractivity contribution in [1.82, 2.24) is 5.23 Å². The molecule has 0 radical (unpaired) electrons. The summed E-state index contributed by atoms with van der Waals surface area (Å²) in [5.74, 6) is 0.409. The van der Waals surface area contributed by atoms with E-state index in [2.05, 4.69) is 34.6 Å². The Morgan fingerprint density at radius 2 is 1.24 bits per heavy atom. The third-order valence-corrected chi connectivity index (χ3v) is 11.1. The monoisotopic (exact) mass is 898 g/mol. The number of rotatable bonds is 34. The first kappa shape index (κ1) is 55.1. The van der Waals surface area contributed by atoms with Gasteiger partial charge in [0.2, 0.25) is 40.3 Å². The van der Waals surface area contributed by atoms with Crippen LogP contribution in [0.2, 0.25) is 0 Å². The fraction of sp³-hybridized carbons (Fsp3) is 0.880. The Morgan fingerprint density at radius 1 is 0.635 bits per heavy atom. The first-order valence-corrected chi connectivity index (χ1v) is 25.1.